The number of thiophene rings is 1. The second kappa shape index (κ2) is 8.76. The summed E-state index contributed by atoms with van der Waals surface area (Å²) in [4.78, 5) is 11.5. The number of ether oxygens (including phenoxy) is 2. The Balaban J connectivity index is 1.61. The fourth-order valence-electron chi connectivity index (χ4n) is 1.69. The number of benzene rings is 1. The maximum Gasteiger partial charge on any atom is 0.307 e. The fourth-order valence-corrected chi connectivity index (χ4v) is 3.76. The van der Waals surface area contributed by atoms with Crippen molar-refractivity contribution in [2.75, 3.05) is 19.8 Å². The molecule has 1 aromatic carbocycles. The first-order valence-corrected chi connectivity index (χ1v) is 9.41. The standard InChI is InChI=1S/C15H16FNO5S2/c16-12-3-5-13(6-4-12)21-9-10-22-14(18)7-8-17-24(19,20)15-2-1-11-23-15/h1-6,11,17H,7-10H2. The second-order valence-corrected chi connectivity index (χ2v) is 7.54. The van der Waals surface area contributed by atoms with Crippen LogP contribution in [0.15, 0.2) is 46.0 Å². The van der Waals surface area contributed by atoms with Gasteiger partial charge in [-0.25, -0.2) is 17.5 Å². The van der Waals surface area contributed by atoms with E-state index in [1.54, 1.807) is 11.4 Å². The highest BCUT2D eigenvalue weighted by molar-refractivity contribution is 7.91. The van der Waals surface area contributed by atoms with Crippen molar-refractivity contribution in [1.29, 1.82) is 0 Å². The number of nitrogens with one attached hydrogen (secondary N) is 1. The molecule has 2 rings (SSSR count). The lowest BCUT2D eigenvalue weighted by Crippen LogP contribution is -2.26. The zero-order valence-electron chi connectivity index (χ0n) is 12.6. The molecule has 0 unspecified atom stereocenters. The SMILES string of the molecule is O=C(CCNS(=O)(=O)c1cccs1)OCCOc1ccc(F)cc1. The van der Waals surface area contributed by atoms with E-state index in [1.807, 2.05) is 0 Å². The van der Waals surface area contributed by atoms with Gasteiger partial charge in [0, 0.05) is 6.54 Å². The zero-order chi connectivity index (χ0) is 17.4. The summed E-state index contributed by atoms with van der Waals surface area (Å²) in [5.41, 5.74) is 0. The number of carbonyl (C=O) groups excluding carboxylic acids is 1. The van der Waals surface area contributed by atoms with Crippen LogP contribution in [0.3, 0.4) is 0 Å². The maximum atomic E-state index is 12.7. The Hall–Kier alpha value is -1.97. The first kappa shape index (κ1) is 18.4. The fraction of sp³-hybridized carbons (Fsp3) is 0.267. The molecule has 0 amide bonds. The van der Waals surface area contributed by atoms with Crippen LogP contribution < -0.4 is 9.46 Å². The summed E-state index contributed by atoms with van der Waals surface area (Å²) in [6.07, 6.45) is -0.0822. The summed E-state index contributed by atoms with van der Waals surface area (Å²) in [6, 6.07) is 8.59. The summed E-state index contributed by atoms with van der Waals surface area (Å²) in [7, 11) is -3.57. The Kier molecular flexibility index (Phi) is 6.71. The lowest BCUT2D eigenvalue weighted by atomic mass is 10.3. The van der Waals surface area contributed by atoms with Gasteiger partial charge in [0.05, 0.1) is 6.42 Å². The van der Waals surface area contributed by atoms with E-state index in [9.17, 15) is 17.6 Å². The molecule has 0 atom stereocenters. The Morgan fingerprint density at radius 3 is 2.58 bits per heavy atom. The highest BCUT2D eigenvalue weighted by Gasteiger charge is 2.15. The molecule has 2 aromatic rings. The summed E-state index contributed by atoms with van der Waals surface area (Å²) < 4.78 is 49.0. The third kappa shape index (κ3) is 5.91. The number of sulfonamides is 1. The molecular weight excluding hydrogens is 357 g/mol. The predicted octanol–water partition coefficient (Wildman–Crippen LogP) is 2.18. The van der Waals surface area contributed by atoms with Gasteiger partial charge in [-0.15, -0.1) is 11.3 Å². The Bertz CT molecular complexity index is 745. The second-order valence-electron chi connectivity index (χ2n) is 4.60. The molecule has 1 aromatic heterocycles. The number of halogens is 1. The van der Waals surface area contributed by atoms with Gasteiger partial charge in [-0.1, -0.05) is 6.07 Å². The average molecular weight is 373 g/mol. The molecule has 24 heavy (non-hydrogen) atoms. The van der Waals surface area contributed by atoms with Crippen LogP contribution in [-0.4, -0.2) is 34.1 Å². The third-order valence-electron chi connectivity index (χ3n) is 2.81. The van der Waals surface area contributed by atoms with Crippen LogP contribution in [0.4, 0.5) is 4.39 Å². The molecule has 0 spiro atoms. The first-order valence-electron chi connectivity index (χ1n) is 7.04. The largest absolute Gasteiger partial charge is 0.490 e. The minimum absolute atomic E-state index is 0.0217. The van der Waals surface area contributed by atoms with Crippen LogP contribution in [0.5, 0.6) is 5.75 Å². The van der Waals surface area contributed by atoms with Gasteiger partial charge in [-0.05, 0) is 35.7 Å². The average Bonchev–Trinajstić information content (AvgIpc) is 3.08. The Morgan fingerprint density at radius 2 is 1.92 bits per heavy atom. The van der Waals surface area contributed by atoms with Gasteiger partial charge in [0.25, 0.3) is 0 Å². The molecule has 0 aliphatic carbocycles. The van der Waals surface area contributed by atoms with Crippen molar-refractivity contribution in [3.05, 3.63) is 47.6 Å². The van der Waals surface area contributed by atoms with Crippen molar-refractivity contribution >= 4 is 27.3 Å². The topological polar surface area (TPSA) is 81.7 Å². The smallest absolute Gasteiger partial charge is 0.307 e. The van der Waals surface area contributed by atoms with Gasteiger partial charge in [-0.2, -0.15) is 0 Å². The minimum Gasteiger partial charge on any atom is -0.490 e. The van der Waals surface area contributed by atoms with Gasteiger partial charge in [0.15, 0.2) is 0 Å². The minimum atomic E-state index is -3.57. The molecule has 0 aliphatic heterocycles. The summed E-state index contributed by atoms with van der Waals surface area (Å²) in [5, 5.41) is 1.66. The summed E-state index contributed by atoms with van der Waals surface area (Å²) >= 11 is 1.10. The molecule has 9 heteroatoms. The van der Waals surface area contributed by atoms with Crippen molar-refractivity contribution in [2.45, 2.75) is 10.6 Å². The maximum absolute atomic E-state index is 12.7. The van der Waals surface area contributed by atoms with E-state index in [4.69, 9.17) is 9.47 Å². The van der Waals surface area contributed by atoms with Gasteiger partial charge >= 0.3 is 5.97 Å². The molecule has 1 heterocycles. The van der Waals surface area contributed by atoms with Gasteiger partial charge in [0.2, 0.25) is 10.0 Å². The van der Waals surface area contributed by atoms with E-state index in [-0.39, 0.29) is 36.2 Å². The molecule has 130 valence electrons. The van der Waals surface area contributed by atoms with Gasteiger partial charge in [0.1, 0.15) is 29.0 Å². The molecule has 0 radical (unpaired) electrons. The highest BCUT2D eigenvalue weighted by atomic mass is 32.2. The number of hydrogen-bond acceptors (Lipinski definition) is 6. The van der Waals surface area contributed by atoms with Crippen molar-refractivity contribution in [3.8, 4) is 5.75 Å². The molecule has 1 N–H and O–H groups in total. The molecule has 0 bridgehead atoms. The van der Waals surface area contributed by atoms with Crippen LogP contribution >= 0.6 is 11.3 Å². The van der Waals surface area contributed by atoms with Crippen molar-refractivity contribution in [2.24, 2.45) is 0 Å². The molecule has 6 nitrogen and oxygen atoms in total. The number of carbonyl (C=O) groups is 1. The number of hydrogen-bond donors (Lipinski definition) is 1. The van der Waals surface area contributed by atoms with E-state index in [0.29, 0.717) is 5.75 Å². The lowest BCUT2D eigenvalue weighted by molar-refractivity contribution is -0.144. The Labute approximate surface area is 143 Å². The van der Waals surface area contributed by atoms with E-state index in [0.717, 1.165) is 11.3 Å². The van der Waals surface area contributed by atoms with Crippen LogP contribution in [0.25, 0.3) is 0 Å². The quantitative estimate of drug-likeness (QED) is 0.538. The lowest BCUT2D eigenvalue weighted by Gasteiger charge is -2.08. The number of rotatable bonds is 9. The van der Waals surface area contributed by atoms with E-state index in [2.05, 4.69) is 4.72 Å². The van der Waals surface area contributed by atoms with E-state index < -0.39 is 16.0 Å². The van der Waals surface area contributed by atoms with E-state index >= 15 is 0 Å². The van der Waals surface area contributed by atoms with Crippen LogP contribution in [0, 0.1) is 5.82 Å². The molecule has 0 aliphatic rings. The molecule has 0 saturated heterocycles. The van der Waals surface area contributed by atoms with Crippen molar-refractivity contribution in [3.63, 3.8) is 0 Å². The first-order chi connectivity index (χ1) is 11.5. The van der Waals surface area contributed by atoms with E-state index in [1.165, 1.54) is 30.3 Å². The normalized spacial score (nSPS) is 11.2. The molecular formula is C15H16FNO5S2. The van der Waals surface area contributed by atoms with Crippen molar-refractivity contribution in [1.82, 2.24) is 4.72 Å². The highest BCUT2D eigenvalue weighted by Crippen LogP contribution is 2.15. The molecule has 0 fully saturated rings. The third-order valence-corrected chi connectivity index (χ3v) is 5.67. The summed E-state index contributed by atoms with van der Waals surface area (Å²) in [6.45, 7) is 0.101. The van der Waals surface area contributed by atoms with Crippen molar-refractivity contribution < 1.29 is 27.1 Å². The van der Waals surface area contributed by atoms with Crippen LogP contribution in [0.2, 0.25) is 0 Å². The van der Waals surface area contributed by atoms with Crippen LogP contribution in [-0.2, 0) is 19.6 Å². The summed E-state index contributed by atoms with van der Waals surface area (Å²) in [5.74, 6) is -0.429. The number of esters is 1. The monoisotopic (exact) mass is 373 g/mol. The van der Waals surface area contributed by atoms with Crippen LogP contribution in [0.1, 0.15) is 6.42 Å². The van der Waals surface area contributed by atoms with Gasteiger partial charge < -0.3 is 9.47 Å². The Morgan fingerprint density at radius 1 is 1.17 bits per heavy atom. The van der Waals surface area contributed by atoms with Gasteiger partial charge in [-0.3, -0.25) is 4.79 Å². The molecule has 0 saturated carbocycles. The zero-order valence-corrected chi connectivity index (χ0v) is 14.2. The predicted molar refractivity (Wildman–Crippen MR) is 87.0 cm³/mol.